The molecule has 0 radical (unpaired) electrons. The Balaban J connectivity index is 1.85. The van der Waals surface area contributed by atoms with Gasteiger partial charge in [0.1, 0.15) is 17.9 Å². The summed E-state index contributed by atoms with van der Waals surface area (Å²) in [5.41, 5.74) is 1.59. The lowest BCUT2D eigenvalue weighted by molar-refractivity contribution is 0.0576. The van der Waals surface area contributed by atoms with Gasteiger partial charge in [-0.25, -0.2) is 4.39 Å². The fourth-order valence-corrected chi connectivity index (χ4v) is 4.61. The maximum atomic E-state index is 14.8. The molecule has 0 saturated carbocycles. The maximum absolute atomic E-state index is 14.8. The molecule has 0 aliphatic carbocycles. The monoisotopic (exact) mass is 437 g/mol. The van der Waals surface area contributed by atoms with E-state index in [0.717, 1.165) is 11.6 Å². The summed E-state index contributed by atoms with van der Waals surface area (Å²) in [5.74, 6) is -2.45. The van der Waals surface area contributed by atoms with E-state index in [0.29, 0.717) is 17.5 Å². The first-order chi connectivity index (χ1) is 15.4. The quantitative estimate of drug-likeness (QED) is 0.586. The molecule has 1 amide bonds. The van der Waals surface area contributed by atoms with E-state index in [4.69, 9.17) is 4.74 Å². The number of rotatable bonds is 1. The van der Waals surface area contributed by atoms with Crippen molar-refractivity contribution in [1.82, 2.24) is 9.58 Å². The molecule has 0 N–H and O–H groups in total. The van der Waals surface area contributed by atoms with Gasteiger partial charge in [-0.15, -0.1) is 0 Å². The SMILES string of the molecule is Cc1c2n(ccc1=O)N1C(CCOc3c(ccc(F)c3F)[C@H]1c1ccccc1)N(C)C2=O. The van der Waals surface area contributed by atoms with Crippen molar-refractivity contribution in [3.63, 3.8) is 0 Å². The zero-order valence-corrected chi connectivity index (χ0v) is 17.6. The van der Waals surface area contributed by atoms with Crippen molar-refractivity contribution in [3.05, 3.63) is 99.0 Å². The highest BCUT2D eigenvalue weighted by atomic mass is 19.2. The third-order valence-corrected chi connectivity index (χ3v) is 6.22. The first-order valence-electron chi connectivity index (χ1n) is 10.3. The second kappa shape index (κ2) is 7.47. The van der Waals surface area contributed by atoms with Gasteiger partial charge < -0.3 is 9.64 Å². The lowest BCUT2D eigenvalue weighted by atomic mass is 9.94. The van der Waals surface area contributed by atoms with Crippen molar-refractivity contribution in [2.45, 2.75) is 25.6 Å². The summed E-state index contributed by atoms with van der Waals surface area (Å²) in [7, 11) is 1.68. The van der Waals surface area contributed by atoms with Gasteiger partial charge in [-0.3, -0.25) is 19.3 Å². The third kappa shape index (κ3) is 2.90. The number of carbonyl (C=O) groups excluding carboxylic acids is 1. The van der Waals surface area contributed by atoms with Crippen LogP contribution < -0.4 is 15.2 Å². The third-order valence-electron chi connectivity index (χ3n) is 6.22. The minimum absolute atomic E-state index is 0.0855. The second-order valence-electron chi connectivity index (χ2n) is 8.00. The Bertz CT molecular complexity index is 1280. The molecule has 8 heteroatoms. The van der Waals surface area contributed by atoms with Gasteiger partial charge in [0.2, 0.25) is 5.82 Å². The van der Waals surface area contributed by atoms with Crippen molar-refractivity contribution in [3.8, 4) is 5.75 Å². The van der Waals surface area contributed by atoms with Crippen molar-refractivity contribution in [2.75, 3.05) is 18.7 Å². The number of amides is 1. The van der Waals surface area contributed by atoms with E-state index >= 15 is 0 Å². The highest BCUT2D eigenvalue weighted by Gasteiger charge is 2.43. The molecule has 1 aromatic heterocycles. The van der Waals surface area contributed by atoms with Crippen LogP contribution in [0.4, 0.5) is 8.78 Å². The Hall–Kier alpha value is -3.68. The van der Waals surface area contributed by atoms with Crippen LogP contribution in [-0.4, -0.2) is 35.3 Å². The molecule has 5 rings (SSSR count). The van der Waals surface area contributed by atoms with Crippen LogP contribution in [0, 0.1) is 18.6 Å². The summed E-state index contributed by atoms with van der Waals surface area (Å²) >= 11 is 0. The van der Waals surface area contributed by atoms with Crippen LogP contribution in [0.3, 0.4) is 0 Å². The van der Waals surface area contributed by atoms with Gasteiger partial charge in [0.25, 0.3) is 5.91 Å². The number of ether oxygens (including phenoxy) is 1. The summed E-state index contributed by atoms with van der Waals surface area (Å²) in [6.45, 7) is 1.70. The van der Waals surface area contributed by atoms with Crippen LogP contribution >= 0.6 is 0 Å². The molecule has 0 saturated heterocycles. The number of halogens is 2. The molecule has 0 bridgehead atoms. The number of aromatic nitrogens is 1. The largest absolute Gasteiger partial charge is 0.490 e. The maximum Gasteiger partial charge on any atom is 0.274 e. The highest BCUT2D eigenvalue weighted by Crippen LogP contribution is 2.41. The van der Waals surface area contributed by atoms with E-state index in [1.807, 2.05) is 35.3 Å². The van der Waals surface area contributed by atoms with Gasteiger partial charge in [-0.2, -0.15) is 4.39 Å². The number of fused-ring (bicyclic) bond motifs is 4. The summed E-state index contributed by atoms with van der Waals surface area (Å²) in [6.07, 6.45) is 1.48. The lowest BCUT2D eigenvalue weighted by Crippen LogP contribution is -2.62. The molecule has 6 nitrogen and oxygen atoms in total. The van der Waals surface area contributed by atoms with Gasteiger partial charge in [-0.05, 0) is 24.6 Å². The number of benzene rings is 2. The van der Waals surface area contributed by atoms with Crippen LogP contribution in [0.2, 0.25) is 0 Å². The Labute approximate surface area is 183 Å². The molecule has 3 aromatic rings. The smallest absolute Gasteiger partial charge is 0.274 e. The van der Waals surface area contributed by atoms with E-state index in [9.17, 15) is 18.4 Å². The van der Waals surface area contributed by atoms with Gasteiger partial charge in [0.15, 0.2) is 17.0 Å². The van der Waals surface area contributed by atoms with E-state index in [-0.39, 0.29) is 29.4 Å². The zero-order valence-electron chi connectivity index (χ0n) is 17.6. The molecule has 2 aliphatic rings. The zero-order chi connectivity index (χ0) is 22.6. The molecular weight excluding hydrogens is 416 g/mol. The van der Waals surface area contributed by atoms with E-state index in [2.05, 4.69) is 0 Å². The molecule has 1 unspecified atom stereocenters. The number of nitrogens with zero attached hydrogens (tertiary/aromatic N) is 3. The Kier molecular flexibility index (Phi) is 4.73. The van der Waals surface area contributed by atoms with Crippen molar-refractivity contribution in [2.24, 2.45) is 0 Å². The summed E-state index contributed by atoms with van der Waals surface area (Å²) in [5, 5.41) is 1.94. The predicted molar refractivity (Wildman–Crippen MR) is 114 cm³/mol. The van der Waals surface area contributed by atoms with Gasteiger partial charge in [0.05, 0.1) is 6.61 Å². The van der Waals surface area contributed by atoms with Crippen LogP contribution in [0.25, 0.3) is 0 Å². The second-order valence-corrected chi connectivity index (χ2v) is 8.00. The molecule has 32 heavy (non-hydrogen) atoms. The van der Waals surface area contributed by atoms with E-state index in [1.165, 1.54) is 12.1 Å². The molecule has 0 fully saturated rings. The topological polar surface area (TPSA) is 54.8 Å². The molecule has 2 aliphatic heterocycles. The van der Waals surface area contributed by atoms with E-state index < -0.39 is 23.8 Å². The Morgan fingerprint density at radius 2 is 1.78 bits per heavy atom. The molecule has 2 atom stereocenters. The lowest BCUT2D eigenvalue weighted by Gasteiger charge is -2.50. The minimum Gasteiger partial charge on any atom is -0.490 e. The fourth-order valence-electron chi connectivity index (χ4n) is 4.61. The minimum atomic E-state index is -1.04. The van der Waals surface area contributed by atoms with Gasteiger partial charge >= 0.3 is 0 Å². The van der Waals surface area contributed by atoms with Crippen LogP contribution in [0.1, 0.15) is 39.6 Å². The summed E-state index contributed by atoms with van der Waals surface area (Å²) < 4.78 is 36.3. The average molecular weight is 437 g/mol. The highest BCUT2D eigenvalue weighted by molar-refractivity contribution is 5.95. The fraction of sp³-hybridized carbons (Fsp3) is 0.250. The molecule has 3 heterocycles. The average Bonchev–Trinajstić information content (AvgIpc) is 2.78. The molecule has 2 aromatic carbocycles. The number of carbonyl (C=O) groups is 1. The molecular formula is C24H21F2N3O3. The number of pyridine rings is 1. The molecule has 0 spiro atoms. The van der Waals surface area contributed by atoms with Crippen LogP contribution in [-0.2, 0) is 0 Å². The first-order valence-corrected chi connectivity index (χ1v) is 10.3. The number of hydrogen-bond acceptors (Lipinski definition) is 4. The van der Waals surface area contributed by atoms with Crippen molar-refractivity contribution < 1.29 is 18.3 Å². The Morgan fingerprint density at radius 3 is 2.53 bits per heavy atom. The van der Waals surface area contributed by atoms with E-state index in [1.54, 1.807) is 29.7 Å². The predicted octanol–water partition coefficient (Wildman–Crippen LogP) is 3.36. The van der Waals surface area contributed by atoms with Crippen LogP contribution in [0.15, 0.2) is 59.5 Å². The summed E-state index contributed by atoms with van der Waals surface area (Å²) in [6, 6.07) is 12.8. The standard InChI is InChI=1S/C24H21F2N3O3/c1-14-18(30)10-12-28-21(14)24(31)27(2)19-11-13-32-23-16(8-9-17(25)20(23)26)22(29(19)28)15-6-4-3-5-7-15/h3-10,12,19,22H,11,13H2,1-2H3/t19?,22-/m1/s1. The number of hydrogen-bond donors (Lipinski definition) is 0. The van der Waals surface area contributed by atoms with Crippen molar-refractivity contribution >= 4 is 5.91 Å². The summed E-state index contributed by atoms with van der Waals surface area (Å²) in [4.78, 5) is 27.1. The molecule has 164 valence electrons. The van der Waals surface area contributed by atoms with Gasteiger partial charge in [0, 0.05) is 36.9 Å². The van der Waals surface area contributed by atoms with Gasteiger partial charge in [-0.1, -0.05) is 30.3 Å². The van der Waals surface area contributed by atoms with Crippen molar-refractivity contribution in [1.29, 1.82) is 0 Å². The normalized spacial score (nSPS) is 19.9. The van der Waals surface area contributed by atoms with Crippen LogP contribution in [0.5, 0.6) is 5.75 Å². The Morgan fingerprint density at radius 1 is 1.03 bits per heavy atom. The first kappa shape index (κ1) is 20.2.